The van der Waals surface area contributed by atoms with Crippen LogP contribution in [0, 0.1) is 11.3 Å². The van der Waals surface area contributed by atoms with Gasteiger partial charge < -0.3 is 25.0 Å². The molecule has 7 heteroatoms. The Labute approximate surface area is 273 Å². The van der Waals surface area contributed by atoms with E-state index in [0.29, 0.717) is 37.9 Å². The molecular formula is C37H73N3O4. The number of carbonyl (C=O) groups is 2. The second-order valence-electron chi connectivity index (χ2n) is 14.0. The zero-order valence-electron chi connectivity index (χ0n) is 30.0. The van der Waals surface area contributed by atoms with Crippen molar-refractivity contribution in [3.8, 4) is 0 Å². The van der Waals surface area contributed by atoms with Crippen molar-refractivity contribution < 1.29 is 19.1 Å². The Morgan fingerprint density at radius 2 is 1.18 bits per heavy atom. The standard InChI is InChI=1S/C37H73N3O4/c1-8-9-10-11-12-13-14-15-16-17-18-19-20-21-22-25-35(41)38-26-23-28-40(7)29-24-27-39-36(42)44-32-37(6,30-33(2)3)31-43-34(4)5/h33H,4,8-32H2,1-3,5-7H3,(H,38,41)(H,39,42). The number of nitrogens with zero attached hydrogens (tertiary/aromatic N) is 1. The molecule has 0 rings (SSSR count). The first-order valence-electron chi connectivity index (χ1n) is 18.2. The van der Waals surface area contributed by atoms with Crippen LogP contribution < -0.4 is 10.6 Å². The van der Waals surface area contributed by atoms with Gasteiger partial charge in [0.15, 0.2) is 0 Å². The molecule has 0 bridgehead atoms. The summed E-state index contributed by atoms with van der Waals surface area (Å²) >= 11 is 0. The van der Waals surface area contributed by atoms with E-state index in [1.165, 1.54) is 83.5 Å². The van der Waals surface area contributed by atoms with Crippen molar-refractivity contribution in [2.24, 2.45) is 11.3 Å². The van der Waals surface area contributed by atoms with E-state index in [0.717, 1.165) is 51.7 Å². The summed E-state index contributed by atoms with van der Waals surface area (Å²) < 4.78 is 11.2. The third kappa shape index (κ3) is 29.0. The fourth-order valence-electron chi connectivity index (χ4n) is 5.71. The molecule has 260 valence electrons. The Morgan fingerprint density at radius 3 is 1.66 bits per heavy atom. The van der Waals surface area contributed by atoms with Crippen LogP contribution in [0.25, 0.3) is 0 Å². The van der Waals surface area contributed by atoms with Crippen molar-refractivity contribution in [1.29, 1.82) is 0 Å². The van der Waals surface area contributed by atoms with Crippen molar-refractivity contribution in [3.05, 3.63) is 12.3 Å². The molecule has 1 atom stereocenters. The molecule has 0 aromatic carbocycles. The first kappa shape index (κ1) is 42.2. The van der Waals surface area contributed by atoms with Gasteiger partial charge in [0.05, 0.1) is 12.4 Å². The molecule has 0 aliphatic heterocycles. The zero-order chi connectivity index (χ0) is 32.9. The monoisotopic (exact) mass is 624 g/mol. The summed E-state index contributed by atoms with van der Waals surface area (Å²) in [6, 6.07) is 0. The van der Waals surface area contributed by atoms with Crippen molar-refractivity contribution in [1.82, 2.24) is 15.5 Å². The highest BCUT2D eigenvalue weighted by Gasteiger charge is 2.28. The van der Waals surface area contributed by atoms with E-state index < -0.39 is 0 Å². The lowest BCUT2D eigenvalue weighted by molar-refractivity contribution is -0.121. The molecule has 0 aromatic rings. The highest BCUT2D eigenvalue weighted by atomic mass is 16.6. The average Bonchev–Trinajstić information content (AvgIpc) is 2.97. The largest absolute Gasteiger partial charge is 0.498 e. The summed E-state index contributed by atoms with van der Waals surface area (Å²) in [6.45, 7) is 18.2. The normalized spacial score (nSPS) is 12.7. The Kier molecular flexibility index (Phi) is 27.5. The molecule has 0 heterocycles. The molecule has 0 fully saturated rings. The third-order valence-corrected chi connectivity index (χ3v) is 8.15. The molecule has 0 aliphatic carbocycles. The average molecular weight is 624 g/mol. The highest BCUT2D eigenvalue weighted by Crippen LogP contribution is 2.28. The predicted molar refractivity (Wildman–Crippen MR) is 187 cm³/mol. The van der Waals surface area contributed by atoms with E-state index in [9.17, 15) is 9.59 Å². The predicted octanol–water partition coefficient (Wildman–Crippen LogP) is 9.40. The Bertz CT molecular complexity index is 715. The number of carbonyl (C=O) groups excluding carboxylic acids is 2. The number of hydrogen-bond donors (Lipinski definition) is 2. The van der Waals surface area contributed by atoms with Crippen molar-refractivity contribution in [3.63, 3.8) is 0 Å². The summed E-state index contributed by atoms with van der Waals surface area (Å²) in [4.78, 5) is 26.6. The second-order valence-corrected chi connectivity index (χ2v) is 14.0. The second kappa shape index (κ2) is 28.7. The molecule has 0 aliphatic rings. The van der Waals surface area contributed by atoms with Crippen LogP contribution in [0.3, 0.4) is 0 Å². The summed E-state index contributed by atoms with van der Waals surface area (Å²) in [6.07, 6.45) is 23.0. The summed E-state index contributed by atoms with van der Waals surface area (Å²) in [5, 5.41) is 5.93. The van der Waals surface area contributed by atoms with Gasteiger partial charge in [-0.2, -0.15) is 0 Å². The number of unbranched alkanes of at least 4 members (excludes halogenated alkanes) is 14. The Hall–Kier alpha value is -1.76. The molecule has 1 unspecified atom stereocenters. The number of allylic oxidation sites excluding steroid dienone is 1. The lowest BCUT2D eigenvalue weighted by atomic mass is 9.83. The maximum Gasteiger partial charge on any atom is 0.407 e. The molecule has 0 saturated carbocycles. The van der Waals surface area contributed by atoms with E-state index >= 15 is 0 Å². The van der Waals surface area contributed by atoms with Gasteiger partial charge in [-0.05, 0) is 58.7 Å². The SMILES string of the molecule is C=C(C)OCC(C)(COC(=O)NCCCN(C)CCCNC(=O)CCCCCCCCCCCCCCCCC)CC(C)C. The molecule has 2 N–H and O–H groups in total. The van der Waals surface area contributed by atoms with Gasteiger partial charge in [0.2, 0.25) is 5.91 Å². The van der Waals surface area contributed by atoms with Crippen molar-refractivity contribution in [2.75, 3.05) is 46.4 Å². The number of hydrogen-bond acceptors (Lipinski definition) is 5. The minimum atomic E-state index is -0.380. The Morgan fingerprint density at radius 1 is 0.727 bits per heavy atom. The van der Waals surface area contributed by atoms with Crippen LogP contribution in [0.5, 0.6) is 0 Å². The van der Waals surface area contributed by atoms with Gasteiger partial charge in [-0.25, -0.2) is 4.79 Å². The highest BCUT2D eigenvalue weighted by molar-refractivity contribution is 5.75. The quantitative estimate of drug-likeness (QED) is 0.0594. The van der Waals surface area contributed by atoms with E-state index in [-0.39, 0.29) is 17.4 Å². The summed E-state index contributed by atoms with van der Waals surface area (Å²) in [7, 11) is 2.08. The molecule has 7 nitrogen and oxygen atoms in total. The zero-order valence-corrected chi connectivity index (χ0v) is 30.0. The van der Waals surface area contributed by atoms with Gasteiger partial charge in [-0.15, -0.1) is 0 Å². The molecule has 44 heavy (non-hydrogen) atoms. The molecule has 0 aromatic heterocycles. The minimum Gasteiger partial charge on any atom is -0.498 e. The van der Waals surface area contributed by atoms with Crippen LogP contribution in [-0.2, 0) is 14.3 Å². The number of nitrogens with one attached hydrogen (secondary N) is 2. The topological polar surface area (TPSA) is 79.9 Å². The number of alkyl carbamates (subject to hydrolysis) is 1. The van der Waals surface area contributed by atoms with Crippen LogP contribution >= 0.6 is 0 Å². The fourth-order valence-corrected chi connectivity index (χ4v) is 5.71. The lowest BCUT2D eigenvalue weighted by Gasteiger charge is -2.30. The van der Waals surface area contributed by atoms with E-state index in [1.54, 1.807) is 0 Å². The van der Waals surface area contributed by atoms with Gasteiger partial charge in [-0.1, -0.05) is 124 Å². The number of amides is 2. The van der Waals surface area contributed by atoms with Crippen LogP contribution in [0.4, 0.5) is 4.79 Å². The van der Waals surface area contributed by atoms with Crippen molar-refractivity contribution in [2.45, 2.75) is 157 Å². The van der Waals surface area contributed by atoms with Gasteiger partial charge >= 0.3 is 6.09 Å². The summed E-state index contributed by atoms with van der Waals surface area (Å²) in [5.41, 5.74) is -0.244. The van der Waals surface area contributed by atoms with Gasteiger partial charge in [0.25, 0.3) is 0 Å². The van der Waals surface area contributed by atoms with Crippen LogP contribution in [0.15, 0.2) is 12.3 Å². The van der Waals surface area contributed by atoms with E-state index in [1.807, 2.05) is 6.92 Å². The smallest absolute Gasteiger partial charge is 0.407 e. The first-order valence-corrected chi connectivity index (χ1v) is 18.2. The van der Waals surface area contributed by atoms with Gasteiger partial charge in [0.1, 0.15) is 6.61 Å². The lowest BCUT2D eigenvalue weighted by Crippen LogP contribution is -2.35. The number of ether oxygens (including phenoxy) is 2. The van der Waals surface area contributed by atoms with Crippen LogP contribution in [-0.4, -0.2) is 63.3 Å². The molecule has 2 amide bonds. The fraction of sp³-hybridized carbons (Fsp3) is 0.892. The molecular weight excluding hydrogens is 550 g/mol. The minimum absolute atomic E-state index is 0.181. The van der Waals surface area contributed by atoms with E-state index in [4.69, 9.17) is 9.47 Å². The van der Waals surface area contributed by atoms with Gasteiger partial charge in [-0.3, -0.25) is 4.79 Å². The van der Waals surface area contributed by atoms with Gasteiger partial charge in [0, 0.05) is 24.9 Å². The third-order valence-electron chi connectivity index (χ3n) is 8.15. The first-order chi connectivity index (χ1) is 21.1. The molecule has 0 radical (unpaired) electrons. The van der Waals surface area contributed by atoms with Crippen molar-refractivity contribution >= 4 is 12.0 Å². The van der Waals surface area contributed by atoms with Crippen LogP contribution in [0.2, 0.25) is 0 Å². The maximum absolute atomic E-state index is 12.2. The maximum atomic E-state index is 12.2. The summed E-state index contributed by atoms with van der Waals surface area (Å²) in [5.74, 6) is 1.33. The Balaban J connectivity index is 3.64. The number of rotatable bonds is 31. The molecule has 0 spiro atoms. The van der Waals surface area contributed by atoms with Crippen LogP contribution in [0.1, 0.15) is 157 Å². The molecule has 0 saturated heterocycles. The van der Waals surface area contributed by atoms with E-state index in [2.05, 4.69) is 56.9 Å².